The number of aromatic nitrogens is 4. The molecule has 7 heteroatoms. The zero-order valence-corrected chi connectivity index (χ0v) is 11.6. The van der Waals surface area contributed by atoms with Crippen LogP contribution < -0.4 is 0 Å². The van der Waals surface area contributed by atoms with E-state index < -0.39 is 0 Å². The lowest BCUT2D eigenvalue weighted by atomic mass is 10.1. The zero-order chi connectivity index (χ0) is 14.1. The lowest BCUT2D eigenvalue weighted by Gasteiger charge is -2.30. The standard InChI is InChI=1S/C13H17N5O2/c1-9-3-6-18-11(15-16-13(18)14-9)12(19)17(2)10-4-7-20-8-5-10/h3,6,10H,4-5,7-8H2,1-2H3. The number of nitrogens with zero attached hydrogens (tertiary/aromatic N) is 5. The van der Waals surface area contributed by atoms with E-state index in [0.29, 0.717) is 24.8 Å². The average molecular weight is 275 g/mol. The summed E-state index contributed by atoms with van der Waals surface area (Å²) < 4.78 is 6.95. The lowest BCUT2D eigenvalue weighted by molar-refractivity contribution is 0.0354. The number of aryl methyl sites for hydroxylation is 1. The monoisotopic (exact) mass is 275 g/mol. The minimum absolute atomic E-state index is 0.130. The summed E-state index contributed by atoms with van der Waals surface area (Å²) in [5.41, 5.74) is 0.849. The number of hydrogen-bond donors (Lipinski definition) is 0. The van der Waals surface area contributed by atoms with Crippen LogP contribution in [-0.4, -0.2) is 56.7 Å². The van der Waals surface area contributed by atoms with Crippen molar-refractivity contribution in [3.05, 3.63) is 23.8 Å². The Balaban J connectivity index is 1.88. The van der Waals surface area contributed by atoms with E-state index >= 15 is 0 Å². The number of rotatable bonds is 2. The molecule has 0 bridgehead atoms. The fourth-order valence-corrected chi connectivity index (χ4v) is 2.42. The van der Waals surface area contributed by atoms with Crippen molar-refractivity contribution in [1.82, 2.24) is 24.5 Å². The largest absolute Gasteiger partial charge is 0.381 e. The first kappa shape index (κ1) is 13.0. The number of fused-ring (bicyclic) bond motifs is 1. The fraction of sp³-hybridized carbons (Fsp3) is 0.538. The molecule has 1 aliphatic heterocycles. The van der Waals surface area contributed by atoms with Gasteiger partial charge in [-0.2, -0.15) is 0 Å². The van der Waals surface area contributed by atoms with Crippen LogP contribution in [0.3, 0.4) is 0 Å². The van der Waals surface area contributed by atoms with Crippen LogP contribution in [0.1, 0.15) is 29.2 Å². The Labute approximate surface area is 116 Å². The van der Waals surface area contributed by atoms with Gasteiger partial charge in [0.25, 0.3) is 11.7 Å². The zero-order valence-electron chi connectivity index (χ0n) is 11.6. The number of carbonyl (C=O) groups is 1. The number of amides is 1. The first-order valence-corrected chi connectivity index (χ1v) is 6.70. The van der Waals surface area contributed by atoms with Crippen molar-refractivity contribution in [3.8, 4) is 0 Å². The summed E-state index contributed by atoms with van der Waals surface area (Å²) in [4.78, 5) is 18.5. The number of ether oxygens (including phenoxy) is 1. The third-order valence-electron chi connectivity index (χ3n) is 3.67. The van der Waals surface area contributed by atoms with E-state index in [9.17, 15) is 4.79 Å². The van der Waals surface area contributed by atoms with Gasteiger partial charge in [0.15, 0.2) is 0 Å². The van der Waals surface area contributed by atoms with Gasteiger partial charge in [-0.15, -0.1) is 10.2 Å². The Bertz CT molecular complexity index is 633. The Kier molecular flexibility index (Phi) is 3.35. The topological polar surface area (TPSA) is 72.6 Å². The summed E-state index contributed by atoms with van der Waals surface area (Å²) in [5.74, 6) is 0.630. The van der Waals surface area contributed by atoms with Crippen LogP contribution in [0.4, 0.5) is 0 Å². The summed E-state index contributed by atoms with van der Waals surface area (Å²) in [7, 11) is 1.81. The Morgan fingerprint density at radius 2 is 2.15 bits per heavy atom. The van der Waals surface area contributed by atoms with Gasteiger partial charge in [0.05, 0.1) is 0 Å². The van der Waals surface area contributed by atoms with Gasteiger partial charge in [-0.25, -0.2) is 4.98 Å². The second-order valence-electron chi connectivity index (χ2n) is 5.02. The molecule has 1 fully saturated rings. The first-order chi connectivity index (χ1) is 9.66. The minimum Gasteiger partial charge on any atom is -0.381 e. The molecule has 106 valence electrons. The van der Waals surface area contributed by atoms with Crippen molar-refractivity contribution in [2.24, 2.45) is 0 Å². The maximum atomic E-state index is 12.5. The molecule has 1 saturated heterocycles. The quantitative estimate of drug-likeness (QED) is 0.806. The molecule has 0 radical (unpaired) electrons. The second kappa shape index (κ2) is 5.16. The Morgan fingerprint density at radius 1 is 1.40 bits per heavy atom. The molecule has 0 saturated carbocycles. The first-order valence-electron chi connectivity index (χ1n) is 6.70. The molecule has 0 N–H and O–H groups in total. The van der Waals surface area contributed by atoms with Crippen LogP contribution >= 0.6 is 0 Å². The molecule has 0 unspecified atom stereocenters. The average Bonchev–Trinajstić information content (AvgIpc) is 2.89. The van der Waals surface area contributed by atoms with Crippen LogP contribution in [0, 0.1) is 6.92 Å². The van der Waals surface area contributed by atoms with Gasteiger partial charge >= 0.3 is 0 Å². The highest BCUT2D eigenvalue weighted by Gasteiger charge is 2.26. The Morgan fingerprint density at radius 3 is 2.90 bits per heavy atom. The van der Waals surface area contributed by atoms with Crippen molar-refractivity contribution in [3.63, 3.8) is 0 Å². The van der Waals surface area contributed by atoms with Crippen LogP contribution in [-0.2, 0) is 4.74 Å². The minimum atomic E-state index is -0.130. The van der Waals surface area contributed by atoms with Gasteiger partial charge in [-0.05, 0) is 25.8 Å². The van der Waals surface area contributed by atoms with Gasteiger partial charge in [-0.1, -0.05) is 0 Å². The summed E-state index contributed by atoms with van der Waals surface area (Å²) in [5, 5.41) is 7.94. The molecule has 0 atom stereocenters. The highest BCUT2D eigenvalue weighted by Crippen LogP contribution is 2.15. The lowest BCUT2D eigenvalue weighted by Crippen LogP contribution is -2.41. The molecule has 3 heterocycles. The van der Waals surface area contributed by atoms with Gasteiger partial charge < -0.3 is 9.64 Å². The number of hydrogen-bond acceptors (Lipinski definition) is 5. The van der Waals surface area contributed by atoms with E-state index in [0.717, 1.165) is 18.5 Å². The van der Waals surface area contributed by atoms with Gasteiger partial charge in [-0.3, -0.25) is 9.20 Å². The van der Waals surface area contributed by atoms with E-state index in [-0.39, 0.29) is 11.9 Å². The van der Waals surface area contributed by atoms with Crippen molar-refractivity contribution in [1.29, 1.82) is 0 Å². The molecule has 20 heavy (non-hydrogen) atoms. The molecule has 1 aliphatic rings. The third kappa shape index (κ3) is 2.24. The van der Waals surface area contributed by atoms with E-state index in [1.165, 1.54) is 0 Å². The predicted octanol–water partition coefficient (Wildman–Crippen LogP) is 0.684. The molecule has 1 amide bonds. The van der Waals surface area contributed by atoms with Crippen molar-refractivity contribution in [2.75, 3.05) is 20.3 Å². The summed E-state index contributed by atoms with van der Waals surface area (Å²) in [6.45, 7) is 3.28. The number of carbonyl (C=O) groups excluding carboxylic acids is 1. The summed E-state index contributed by atoms with van der Waals surface area (Å²) >= 11 is 0. The van der Waals surface area contributed by atoms with E-state index in [4.69, 9.17) is 4.74 Å². The van der Waals surface area contributed by atoms with Crippen LogP contribution in [0.25, 0.3) is 5.78 Å². The molecule has 7 nitrogen and oxygen atoms in total. The molecule has 0 aromatic carbocycles. The van der Waals surface area contributed by atoms with Crippen LogP contribution in [0.5, 0.6) is 0 Å². The SMILES string of the molecule is Cc1ccn2c(C(=O)N(C)C3CCOCC3)nnc2n1. The van der Waals surface area contributed by atoms with Crippen LogP contribution in [0.15, 0.2) is 12.3 Å². The predicted molar refractivity (Wildman–Crippen MR) is 71.5 cm³/mol. The molecule has 2 aromatic rings. The fourth-order valence-electron chi connectivity index (χ4n) is 2.42. The maximum absolute atomic E-state index is 12.5. The molecule has 0 spiro atoms. The summed E-state index contributed by atoms with van der Waals surface area (Å²) in [6, 6.07) is 2.03. The second-order valence-corrected chi connectivity index (χ2v) is 5.02. The maximum Gasteiger partial charge on any atom is 0.292 e. The highest BCUT2D eigenvalue weighted by molar-refractivity contribution is 5.91. The van der Waals surface area contributed by atoms with Gasteiger partial charge in [0.1, 0.15) is 0 Å². The molecular formula is C13H17N5O2. The van der Waals surface area contributed by atoms with E-state index in [1.54, 1.807) is 22.5 Å². The van der Waals surface area contributed by atoms with E-state index in [2.05, 4.69) is 15.2 Å². The molecule has 0 aliphatic carbocycles. The molecule has 3 rings (SSSR count). The normalized spacial score (nSPS) is 16.5. The molecular weight excluding hydrogens is 258 g/mol. The Hall–Kier alpha value is -2.02. The third-order valence-corrected chi connectivity index (χ3v) is 3.67. The highest BCUT2D eigenvalue weighted by atomic mass is 16.5. The van der Waals surface area contributed by atoms with Gasteiger partial charge in [0, 0.05) is 38.2 Å². The van der Waals surface area contributed by atoms with Crippen LogP contribution in [0.2, 0.25) is 0 Å². The van der Waals surface area contributed by atoms with Gasteiger partial charge in [0.2, 0.25) is 5.82 Å². The van der Waals surface area contributed by atoms with Crippen molar-refractivity contribution < 1.29 is 9.53 Å². The van der Waals surface area contributed by atoms with Crippen molar-refractivity contribution in [2.45, 2.75) is 25.8 Å². The summed E-state index contributed by atoms with van der Waals surface area (Å²) in [6.07, 6.45) is 3.50. The smallest absolute Gasteiger partial charge is 0.292 e. The molecule has 2 aromatic heterocycles. The van der Waals surface area contributed by atoms with E-state index in [1.807, 2.05) is 13.0 Å². The van der Waals surface area contributed by atoms with Crippen molar-refractivity contribution >= 4 is 11.7 Å².